The second-order valence-electron chi connectivity index (χ2n) is 8.45. The number of benzene rings is 2. The molecule has 1 fully saturated rings. The molecule has 33 heavy (non-hydrogen) atoms. The third-order valence-electron chi connectivity index (χ3n) is 6.26. The molecule has 166 valence electrons. The van der Waals surface area contributed by atoms with E-state index in [1.54, 1.807) is 12.3 Å². The lowest BCUT2D eigenvalue weighted by atomic mass is 9.96. The van der Waals surface area contributed by atoms with E-state index in [-0.39, 0.29) is 17.9 Å². The number of thiocarbonyl (C=S) groups is 1. The number of anilines is 1. The van der Waals surface area contributed by atoms with Crippen LogP contribution in [0.15, 0.2) is 79.0 Å². The Morgan fingerprint density at radius 3 is 2.45 bits per heavy atom. The quantitative estimate of drug-likeness (QED) is 0.376. The van der Waals surface area contributed by atoms with Crippen molar-refractivity contribution in [2.45, 2.75) is 32.9 Å². The largest absolute Gasteiger partial charge is 0.351 e. The summed E-state index contributed by atoms with van der Waals surface area (Å²) >= 11 is 5.84. The van der Waals surface area contributed by atoms with Gasteiger partial charge in [0.05, 0.1) is 23.5 Å². The number of halogens is 1. The normalized spacial score (nSPS) is 17.9. The van der Waals surface area contributed by atoms with Gasteiger partial charge in [0.1, 0.15) is 5.82 Å². The first-order valence-electron chi connectivity index (χ1n) is 11.0. The molecule has 0 saturated carbocycles. The molecule has 0 radical (unpaired) electrons. The lowest BCUT2D eigenvalue weighted by Gasteiger charge is -2.28. The van der Waals surface area contributed by atoms with Crippen molar-refractivity contribution in [1.82, 2.24) is 14.9 Å². The van der Waals surface area contributed by atoms with E-state index in [1.807, 2.05) is 54.8 Å². The molecule has 0 unspecified atom stereocenters. The number of para-hydroxylation sites is 1. The molecule has 0 spiro atoms. The van der Waals surface area contributed by atoms with Crippen molar-refractivity contribution >= 4 is 23.0 Å². The second-order valence-corrected chi connectivity index (χ2v) is 8.84. The Hall–Kier alpha value is -3.51. The molecule has 2 aromatic carbocycles. The van der Waals surface area contributed by atoms with Gasteiger partial charge in [-0.3, -0.25) is 4.98 Å². The van der Waals surface area contributed by atoms with Crippen molar-refractivity contribution in [1.29, 1.82) is 0 Å². The van der Waals surface area contributed by atoms with Gasteiger partial charge in [0.25, 0.3) is 0 Å². The summed E-state index contributed by atoms with van der Waals surface area (Å²) < 4.78 is 16.7. The lowest BCUT2D eigenvalue weighted by Crippen LogP contribution is -2.29. The highest BCUT2D eigenvalue weighted by Crippen LogP contribution is 2.43. The van der Waals surface area contributed by atoms with Gasteiger partial charge < -0.3 is 14.8 Å². The Morgan fingerprint density at radius 1 is 0.939 bits per heavy atom. The van der Waals surface area contributed by atoms with Gasteiger partial charge in [-0.2, -0.15) is 0 Å². The van der Waals surface area contributed by atoms with Gasteiger partial charge in [-0.15, -0.1) is 0 Å². The van der Waals surface area contributed by atoms with Crippen LogP contribution in [0, 0.1) is 26.6 Å². The summed E-state index contributed by atoms with van der Waals surface area (Å²) in [6, 6.07) is 23.0. The highest BCUT2D eigenvalue weighted by atomic mass is 32.1. The molecule has 2 atom stereocenters. The summed E-state index contributed by atoms with van der Waals surface area (Å²) in [6.45, 7) is 6.13. The first-order valence-corrected chi connectivity index (χ1v) is 11.4. The molecule has 5 rings (SSSR count). The number of aryl methyl sites for hydroxylation is 2. The maximum atomic E-state index is 14.7. The first kappa shape index (κ1) is 21.3. The predicted octanol–water partition coefficient (Wildman–Crippen LogP) is 6.11. The Labute approximate surface area is 198 Å². The molecule has 2 aromatic heterocycles. The Bertz CT molecular complexity index is 1330. The van der Waals surface area contributed by atoms with E-state index < -0.39 is 0 Å². The van der Waals surface area contributed by atoms with E-state index in [0.717, 1.165) is 33.9 Å². The van der Waals surface area contributed by atoms with Gasteiger partial charge in [-0.1, -0.05) is 30.3 Å². The van der Waals surface area contributed by atoms with E-state index >= 15 is 0 Å². The summed E-state index contributed by atoms with van der Waals surface area (Å²) in [6.07, 6.45) is 1.80. The van der Waals surface area contributed by atoms with Crippen LogP contribution in [0.4, 0.5) is 10.1 Å². The molecule has 1 saturated heterocycles. The van der Waals surface area contributed by atoms with Crippen molar-refractivity contribution in [2.24, 2.45) is 0 Å². The molecule has 3 heterocycles. The minimum absolute atomic E-state index is 0.138. The molecule has 1 N–H and O–H groups in total. The molecule has 0 amide bonds. The number of hydrogen-bond donors (Lipinski definition) is 1. The van der Waals surface area contributed by atoms with Crippen molar-refractivity contribution in [3.8, 4) is 5.69 Å². The van der Waals surface area contributed by atoms with Gasteiger partial charge in [0.15, 0.2) is 5.11 Å². The fourth-order valence-electron chi connectivity index (χ4n) is 4.82. The van der Waals surface area contributed by atoms with E-state index in [1.165, 1.54) is 6.07 Å². The number of nitrogens with one attached hydrogen (secondary N) is 1. The van der Waals surface area contributed by atoms with Gasteiger partial charge in [-0.05, 0) is 86.6 Å². The topological polar surface area (TPSA) is 33.1 Å². The predicted molar refractivity (Wildman–Crippen MR) is 134 cm³/mol. The molecule has 4 aromatic rings. The molecular weight excluding hydrogens is 431 g/mol. The summed E-state index contributed by atoms with van der Waals surface area (Å²) in [5.41, 5.74) is 6.67. The summed E-state index contributed by atoms with van der Waals surface area (Å²) in [4.78, 5) is 6.79. The zero-order chi connectivity index (χ0) is 23.1. The van der Waals surface area contributed by atoms with E-state index in [0.29, 0.717) is 10.8 Å². The average Bonchev–Trinajstić information content (AvgIpc) is 3.30. The Kier molecular flexibility index (Phi) is 5.46. The molecular formula is C27H25FN4S. The van der Waals surface area contributed by atoms with Gasteiger partial charge in [0.2, 0.25) is 0 Å². The summed E-state index contributed by atoms with van der Waals surface area (Å²) in [5.74, 6) is -0.247. The zero-order valence-electron chi connectivity index (χ0n) is 18.8. The van der Waals surface area contributed by atoms with Crippen molar-refractivity contribution < 1.29 is 4.39 Å². The van der Waals surface area contributed by atoms with Gasteiger partial charge in [0, 0.05) is 23.3 Å². The molecule has 0 bridgehead atoms. The maximum Gasteiger partial charge on any atom is 0.174 e. The lowest BCUT2D eigenvalue weighted by molar-refractivity contribution is 0.564. The fraction of sp³-hybridized carbons (Fsp3) is 0.185. The maximum absolute atomic E-state index is 14.7. The number of rotatable bonds is 4. The molecule has 4 nitrogen and oxygen atoms in total. The van der Waals surface area contributed by atoms with Crippen molar-refractivity contribution in [3.63, 3.8) is 0 Å². The average molecular weight is 457 g/mol. The van der Waals surface area contributed by atoms with Crippen LogP contribution in [0.2, 0.25) is 0 Å². The van der Waals surface area contributed by atoms with Crippen LogP contribution in [0.25, 0.3) is 5.69 Å². The van der Waals surface area contributed by atoms with Crippen LogP contribution in [0.3, 0.4) is 0 Å². The zero-order valence-corrected chi connectivity index (χ0v) is 19.6. The van der Waals surface area contributed by atoms with Crippen LogP contribution >= 0.6 is 12.2 Å². The minimum Gasteiger partial charge on any atom is -0.351 e. The standard InChI is InChI=1S/C27H25FN4S/c1-17-9-8-10-20(15-17)32-26(25(30-27(32)33)23-12-6-7-14-29-23)21-16-18(2)31(19(21)3)24-13-5-4-11-22(24)28/h4-16,25-26H,1-3H3,(H,30,33)/t25-,26-/m0/s1. The van der Waals surface area contributed by atoms with Crippen LogP contribution in [0.1, 0.15) is 40.3 Å². The van der Waals surface area contributed by atoms with Crippen LogP contribution in [0.5, 0.6) is 0 Å². The Balaban J connectivity index is 1.70. The molecule has 1 aliphatic heterocycles. The number of hydrogen-bond acceptors (Lipinski definition) is 2. The van der Waals surface area contributed by atoms with E-state index in [9.17, 15) is 4.39 Å². The summed E-state index contributed by atoms with van der Waals surface area (Å²) in [7, 11) is 0. The van der Waals surface area contributed by atoms with Crippen LogP contribution in [-0.2, 0) is 0 Å². The molecule has 0 aliphatic carbocycles. The monoisotopic (exact) mass is 456 g/mol. The van der Waals surface area contributed by atoms with E-state index in [4.69, 9.17) is 12.2 Å². The number of aromatic nitrogens is 2. The first-order chi connectivity index (χ1) is 16.0. The third-order valence-corrected chi connectivity index (χ3v) is 6.57. The van der Waals surface area contributed by atoms with Crippen molar-refractivity contribution in [2.75, 3.05) is 4.90 Å². The third kappa shape index (κ3) is 3.70. The van der Waals surface area contributed by atoms with Crippen LogP contribution < -0.4 is 10.2 Å². The number of pyridine rings is 1. The molecule has 1 aliphatic rings. The smallest absolute Gasteiger partial charge is 0.174 e. The fourth-order valence-corrected chi connectivity index (χ4v) is 5.16. The van der Waals surface area contributed by atoms with Gasteiger partial charge in [-0.25, -0.2) is 4.39 Å². The highest BCUT2D eigenvalue weighted by Gasteiger charge is 2.42. The Morgan fingerprint density at radius 2 is 1.73 bits per heavy atom. The number of nitrogens with zero attached hydrogens (tertiary/aromatic N) is 3. The second kappa shape index (κ2) is 8.45. The molecule has 6 heteroatoms. The van der Waals surface area contributed by atoms with E-state index in [2.05, 4.69) is 46.4 Å². The highest BCUT2D eigenvalue weighted by molar-refractivity contribution is 7.80. The van der Waals surface area contributed by atoms with Gasteiger partial charge >= 0.3 is 0 Å². The van der Waals surface area contributed by atoms with Crippen molar-refractivity contribution in [3.05, 3.63) is 113 Å². The van der Waals surface area contributed by atoms with Crippen LogP contribution in [-0.4, -0.2) is 14.7 Å². The summed E-state index contributed by atoms with van der Waals surface area (Å²) in [5, 5.41) is 4.16. The minimum atomic E-state index is -0.247. The SMILES string of the molecule is Cc1cccc(N2C(=S)N[C@@H](c3ccccn3)[C@@H]2c2cc(C)n(-c3ccccc3F)c2C)c1.